The molecule has 1 heterocycles. The maximum atomic E-state index is 13.0. The zero-order chi connectivity index (χ0) is 18.1. The van der Waals surface area contributed by atoms with E-state index in [-0.39, 0.29) is 17.7 Å². The lowest BCUT2D eigenvalue weighted by Crippen LogP contribution is -2.35. The predicted octanol–water partition coefficient (Wildman–Crippen LogP) is 4.51. The number of fused-ring (bicyclic) bond motifs is 1. The lowest BCUT2D eigenvalue weighted by Gasteiger charge is -2.22. The molecule has 0 unspecified atom stereocenters. The molecule has 0 aromatic heterocycles. The van der Waals surface area contributed by atoms with Crippen LogP contribution in [0.25, 0.3) is 0 Å². The van der Waals surface area contributed by atoms with Crippen molar-refractivity contribution in [2.24, 2.45) is 0 Å². The number of rotatable bonds is 3. The van der Waals surface area contributed by atoms with E-state index >= 15 is 0 Å². The van der Waals surface area contributed by atoms with E-state index < -0.39 is 0 Å². The number of carbonyl (C=O) groups is 2. The highest BCUT2D eigenvalue weighted by Gasteiger charge is 2.31. The number of anilines is 1. The van der Waals surface area contributed by atoms with Crippen LogP contribution in [0.15, 0.2) is 78.9 Å². The molecule has 4 rings (SSSR count). The van der Waals surface area contributed by atoms with Crippen molar-refractivity contribution in [3.63, 3.8) is 0 Å². The third-order valence-corrected chi connectivity index (χ3v) is 4.86. The van der Waals surface area contributed by atoms with E-state index in [0.717, 1.165) is 12.1 Å². The van der Waals surface area contributed by atoms with E-state index in [1.807, 2.05) is 41.3 Å². The molecule has 1 aliphatic rings. The molecule has 0 radical (unpaired) electrons. The molecule has 0 spiro atoms. The van der Waals surface area contributed by atoms with Crippen molar-refractivity contribution in [3.05, 3.63) is 101 Å². The molecular weight excluding hydrogens is 322 g/mol. The van der Waals surface area contributed by atoms with Crippen LogP contribution in [-0.2, 0) is 6.42 Å². The first-order valence-corrected chi connectivity index (χ1v) is 8.76. The molecule has 1 amide bonds. The van der Waals surface area contributed by atoms with Crippen LogP contribution >= 0.6 is 0 Å². The lowest BCUT2D eigenvalue weighted by atomic mass is 10.0. The fourth-order valence-electron chi connectivity index (χ4n) is 3.53. The fraction of sp³-hybridized carbons (Fsp3) is 0.130. The summed E-state index contributed by atoms with van der Waals surface area (Å²) in [7, 11) is 0. The van der Waals surface area contributed by atoms with Gasteiger partial charge in [-0.1, -0.05) is 60.7 Å². The topological polar surface area (TPSA) is 37.4 Å². The fourth-order valence-corrected chi connectivity index (χ4v) is 3.53. The van der Waals surface area contributed by atoms with E-state index in [4.69, 9.17) is 0 Å². The van der Waals surface area contributed by atoms with Gasteiger partial charge >= 0.3 is 0 Å². The number of hydrogen-bond donors (Lipinski definition) is 0. The molecule has 3 aromatic carbocycles. The van der Waals surface area contributed by atoms with Gasteiger partial charge in [0.15, 0.2) is 5.78 Å². The Bertz CT molecular complexity index is 961. The highest BCUT2D eigenvalue weighted by molar-refractivity contribution is 6.11. The largest absolute Gasteiger partial charge is 0.305 e. The summed E-state index contributed by atoms with van der Waals surface area (Å²) in [6.45, 7) is 2.06. The molecule has 1 atom stereocenters. The van der Waals surface area contributed by atoms with Crippen molar-refractivity contribution in [3.8, 4) is 0 Å². The summed E-state index contributed by atoms with van der Waals surface area (Å²) in [6.07, 6.45) is 0.868. The maximum absolute atomic E-state index is 13.0. The van der Waals surface area contributed by atoms with Crippen molar-refractivity contribution in [2.45, 2.75) is 19.4 Å². The number of carbonyl (C=O) groups excluding carboxylic acids is 2. The Morgan fingerprint density at radius 3 is 2.08 bits per heavy atom. The normalized spacial score (nSPS) is 15.6. The second kappa shape index (κ2) is 6.60. The Balaban J connectivity index is 1.60. The third kappa shape index (κ3) is 2.82. The van der Waals surface area contributed by atoms with Gasteiger partial charge in [-0.15, -0.1) is 0 Å². The SMILES string of the molecule is C[C@H]1Cc2ccccc2N1C(=O)c1ccc(C(=O)c2ccccc2)cc1. The smallest absolute Gasteiger partial charge is 0.258 e. The number of para-hydroxylation sites is 1. The van der Waals surface area contributed by atoms with E-state index in [2.05, 4.69) is 13.0 Å². The van der Waals surface area contributed by atoms with E-state index in [1.54, 1.807) is 36.4 Å². The Morgan fingerprint density at radius 1 is 0.769 bits per heavy atom. The van der Waals surface area contributed by atoms with Crippen molar-refractivity contribution in [1.29, 1.82) is 0 Å². The van der Waals surface area contributed by atoms with Gasteiger partial charge in [0.2, 0.25) is 0 Å². The van der Waals surface area contributed by atoms with Crippen LogP contribution in [0.3, 0.4) is 0 Å². The van der Waals surface area contributed by atoms with Gasteiger partial charge in [0.25, 0.3) is 5.91 Å². The molecule has 26 heavy (non-hydrogen) atoms. The highest BCUT2D eigenvalue weighted by atomic mass is 16.2. The minimum atomic E-state index is -0.0375. The number of benzene rings is 3. The summed E-state index contributed by atoms with van der Waals surface area (Å²) in [6, 6.07) is 24.3. The summed E-state index contributed by atoms with van der Waals surface area (Å²) in [5.74, 6) is -0.0642. The molecule has 0 N–H and O–H groups in total. The number of ketones is 1. The van der Waals surface area contributed by atoms with Crippen LogP contribution in [0.4, 0.5) is 5.69 Å². The minimum absolute atomic E-state index is 0.0267. The first kappa shape index (κ1) is 16.3. The highest BCUT2D eigenvalue weighted by Crippen LogP contribution is 2.33. The second-order valence-electron chi connectivity index (χ2n) is 6.63. The van der Waals surface area contributed by atoms with E-state index in [0.29, 0.717) is 16.7 Å². The summed E-state index contributed by atoms with van der Waals surface area (Å²) >= 11 is 0. The van der Waals surface area contributed by atoms with E-state index in [9.17, 15) is 9.59 Å². The van der Waals surface area contributed by atoms with Gasteiger partial charge in [0.1, 0.15) is 0 Å². The monoisotopic (exact) mass is 341 g/mol. The molecule has 3 aromatic rings. The number of hydrogen-bond acceptors (Lipinski definition) is 2. The molecule has 1 aliphatic heterocycles. The Morgan fingerprint density at radius 2 is 1.35 bits per heavy atom. The zero-order valence-electron chi connectivity index (χ0n) is 14.6. The molecule has 0 aliphatic carbocycles. The second-order valence-corrected chi connectivity index (χ2v) is 6.63. The molecule has 0 fully saturated rings. The predicted molar refractivity (Wildman–Crippen MR) is 103 cm³/mol. The molecule has 3 heteroatoms. The van der Waals surface area contributed by atoms with Crippen molar-refractivity contribution in [1.82, 2.24) is 0 Å². The van der Waals surface area contributed by atoms with Crippen molar-refractivity contribution >= 4 is 17.4 Å². The molecule has 0 saturated carbocycles. The first-order valence-electron chi connectivity index (χ1n) is 8.76. The van der Waals surface area contributed by atoms with Crippen LogP contribution in [0.5, 0.6) is 0 Å². The molecule has 3 nitrogen and oxygen atoms in total. The van der Waals surface area contributed by atoms with Gasteiger partial charge in [-0.05, 0) is 37.1 Å². The molecule has 0 bridgehead atoms. The van der Waals surface area contributed by atoms with Crippen LogP contribution in [-0.4, -0.2) is 17.7 Å². The van der Waals surface area contributed by atoms with Gasteiger partial charge in [-0.3, -0.25) is 9.59 Å². The number of nitrogens with zero attached hydrogens (tertiary/aromatic N) is 1. The van der Waals surface area contributed by atoms with Gasteiger partial charge in [0, 0.05) is 28.4 Å². The third-order valence-electron chi connectivity index (χ3n) is 4.86. The Labute approximate surface area is 152 Å². The summed E-state index contributed by atoms with van der Waals surface area (Å²) in [5.41, 5.74) is 4.01. The van der Waals surface area contributed by atoms with Crippen molar-refractivity contribution in [2.75, 3.05) is 4.90 Å². The lowest BCUT2D eigenvalue weighted by molar-refractivity contribution is 0.0979. The van der Waals surface area contributed by atoms with Crippen LogP contribution in [0.1, 0.15) is 38.8 Å². The Kier molecular flexibility index (Phi) is 4.13. The van der Waals surface area contributed by atoms with Crippen LogP contribution in [0.2, 0.25) is 0 Å². The average molecular weight is 341 g/mol. The molecule has 0 saturated heterocycles. The van der Waals surface area contributed by atoms with Crippen LogP contribution in [0, 0.1) is 0 Å². The van der Waals surface area contributed by atoms with Gasteiger partial charge < -0.3 is 4.90 Å². The molecule has 128 valence electrons. The minimum Gasteiger partial charge on any atom is -0.305 e. The van der Waals surface area contributed by atoms with E-state index in [1.165, 1.54) is 5.56 Å². The summed E-state index contributed by atoms with van der Waals surface area (Å²) in [4.78, 5) is 27.4. The quantitative estimate of drug-likeness (QED) is 0.657. The van der Waals surface area contributed by atoms with Crippen molar-refractivity contribution < 1.29 is 9.59 Å². The summed E-state index contributed by atoms with van der Waals surface area (Å²) < 4.78 is 0. The Hall–Kier alpha value is -3.20. The van der Waals surface area contributed by atoms with Gasteiger partial charge in [0.05, 0.1) is 0 Å². The average Bonchev–Trinajstić information content (AvgIpc) is 3.03. The first-order chi connectivity index (χ1) is 12.6. The maximum Gasteiger partial charge on any atom is 0.258 e. The molecular formula is C23H19NO2. The zero-order valence-corrected chi connectivity index (χ0v) is 14.6. The number of amides is 1. The van der Waals surface area contributed by atoms with Crippen LogP contribution < -0.4 is 4.90 Å². The van der Waals surface area contributed by atoms with Gasteiger partial charge in [-0.25, -0.2) is 0 Å². The summed E-state index contributed by atoms with van der Waals surface area (Å²) in [5, 5.41) is 0. The standard InChI is InChI=1S/C23H19NO2/c1-16-15-20-9-5-6-10-21(20)24(16)23(26)19-13-11-18(12-14-19)22(25)17-7-3-2-4-8-17/h2-14,16H,15H2,1H3/t16-/m0/s1. The van der Waals surface area contributed by atoms with Gasteiger partial charge in [-0.2, -0.15) is 0 Å².